The van der Waals surface area contributed by atoms with E-state index in [-0.39, 0.29) is 24.0 Å². The summed E-state index contributed by atoms with van der Waals surface area (Å²) in [5.41, 5.74) is 6.24. The van der Waals surface area contributed by atoms with Gasteiger partial charge in [0, 0.05) is 12.3 Å². The van der Waals surface area contributed by atoms with Crippen LogP contribution in [0.25, 0.3) is 0 Å². The van der Waals surface area contributed by atoms with Crippen molar-refractivity contribution in [1.29, 1.82) is 0 Å². The number of hydrogen-bond acceptors (Lipinski definition) is 2. The van der Waals surface area contributed by atoms with Crippen LogP contribution in [0, 0.1) is 23.5 Å². The lowest BCUT2D eigenvalue weighted by molar-refractivity contribution is -0.124. The normalized spacial score (nSPS) is 23.3. The van der Waals surface area contributed by atoms with Crippen LogP contribution in [0.1, 0.15) is 31.2 Å². The van der Waals surface area contributed by atoms with Crippen LogP contribution in [-0.4, -0.2) is 12.3 Å². The van der Waals surface area contributed by atoms with Gasteiger partial charge in [0.25, 0.3) is 0 Å². The third kappa shape index (κ3) is 3.38. The van der Waals surface area contributed by atoms with Crippen molar-refractivity contribution in [3.8, 4) is 0 Å². The minimum atomic E-state index is -0.899. The van der Waals surface area contributed by atoms with E-state index in [9.17, 15) is 13.6 Å². The number of ketones is 1. The largest absolute Gasteiger partial charge is 0.330 e. The Morgan fingerprint density at radius 2 is 1.95 bits per heavy atom. The smallest absolute Gasteiger partial charge is 0.159 e. The van der Waals surface area contributed by atoms with Gasteiger partial charge < -0.3 is 5.73 Å². The van der Waals surface area contributed by atoms with Crippen molar-refractivity contribution < 1.29 is 13.6 Å². The zero-order chi connectivity index (χ0) is 13.8. The molecule has 1 fully saturated rings. The van der Waals surface area contributed by atoms with Crippen LogP contribution in [-0.2, 0) is 11.2 Å². The Kier molecular flexibility index (Phi) is 4.64. The standard InChI is InChI=1S/C15H19F2NO/c16-13-6-5-10(7-14(13)17)8-15(19)12-4-2-1-3-11(12)9-18/h5-7,11-12H,1-4,8-9,18H2. The van der Waals surface area contributed by atoms with Gasteiger partial charge in [-0.2, -0.15) is 0 Å². The van der Waals surface area contributed by atoms with Gasteiger partial charge in [0.05, 0.1) is 0 Å². The molecule has 2 unspecified atom stereocenters. The number of carbonyl (C=O) groups is 1. The fraction of sp³-hybridized carbons (Fsp3) is 0.533. The van der Waals surface area contributed by atoms with E-state index >= 15 is 0 Å². The highest BCUT2D eigenvalue weighted by Crippen LogP contribution is 2.30. The van der Waals surface area contributed by atoms with E-state index in [1.807, 2.05) is 0 Å². The SMILES string of the molecule is NCC1CCCCC1C(=O)Cc1ccc(F)c(F)c1. The van der Waals surface area contributed by atoms with Gasteiger partial charge in [0.15, 0.2) is 11.6 Å². The number of halogens is 2. The topological polar surface area (TPSA) is 43.1 Å². The van der Waals surface area contributed by atoms with E-state index < -0.39 is 11.6 Å². The van der Waals surface area contributed by atoms with E-state index in [0.29, 0.717) is 12.1 Å². The Morgan fingerprint density at radius 1 is 1.21 bits per heavy atom. The summed E-state index contributed by atoms with van der Waals surface area (Å²) in [6.45, 7) is 0.522. The summed E-state index contributed by atoms with van der Waals surface area (Å²) < 4.78 is 25.9. The zero-order valence-corrected chi connectivity index (χ0v) is 10.9. The first-order chi connectivity index (χ1) is 9.11. The quantitative estimate of drug-likeness (QED) is 0.911. The lowest BCUT2D eigenvalue weighted by Gasteiger charge is -2.29. The van der Waals surface area contributed by atoms with Gasteiger partial charge in [-0.1, -0.05) is 18.9 Å². The van der Waals surface area contributed by atoms with E-state index in [4.69, 9.17) is 5.73 Å². The Bertz CT molecular complexity index is 461. The maximum Gasteiger partial charge on any atom is 0.159 e. The summed E-state index contributed by atoms with van der Waals surface area (Å²) in [5.74, 6) is -1.46. The molecule has 4 heteroatoms. The van der Waals surface area contributed by atoms with Gasteiger partial charge in [0.2, 0.25) is 0 Å². The molecule has 0 bridgehead atoms. The summed E-state index contributed by atoms with van der Waals surface area (Å²) in [6.07, 6.45) is 4.19. The molecule has 1 saturated carbocycles. The molecule has 0 saturated heterocycles. The Hall–Kier alpha value is -1.29. The van der Waals surface area contributed by atoms with Gasteiger partial charge in [-0.3, -0.25) is 4.79 Å². The van der Waals surface area contributed by atoms with Crippen molar-refractivity contribution in [3.63, 3.8) is 0 Å². The van der Waals surface area contributed by atoms with Crippen LogP contribution < -0.4 is 5.73 Å². The Labute approximate surface area is 112 Å². The van der Waals surface area contributed by atoms with Gasteiger partial charge >= 0.3 is 0 Å². The first-order valence-electron chi connectivity index (χ1n) is 6.78. The number of hydrogen-bond donors (Lipinski definition) is 1. The van der Waals surface area contributed by atoms with E-state index in [0.717, 1.165) is 37.8 Å². The molecule has 1 aliphatic rings. The van der Waals surface area contributed by atoms with E-state index in [1.165, 1.54) is 6.07 Å². The predicted molar refractivity (Wildman–Crippen MR) is 69.6 cm³/mol. The predicted octanol–water partition coefficient (Wildman–Crippen LogP) is 2.84. The number of benzene rings is 1. The lowest BCUT2D eigenvalue weighted by Crippen LogP contribution is -2.33. The zero-order valence-electron chi connectivity index (χ0n) is 10.9. The highest BCUT2D eigenvalue weighted by Gasteiger charge is 2.29. The molecule has 0 amide bonds. The third-order valence-corrected chi connectivity index (χ3v) is 3.99. The molecular formula is C15H19F2NO. The molecule has 1 aromatic rings. The maximum atomic E-state index is 13.1. The minimum Gasteiger partial charge on any atom is -0.330 e. The molecule has 0 radical (unpaired) electrons. The third-order valence-electron chi connectivity index (χ3n) is 3.99. The van der Waals surface area contributed by atoms with Gasteiger partial charge in [0.1, 0.15) is 5.78 Å². The molecular weight excluding hydrogens is 248 g/mol. The van der Waals surface area contributed by atoms with Gasteiger partial charge in [-0.05, 0) is 43.0 Å². The summed E-state index contributed by atoms with van der Waals surface area (Å²) in [6, 6.07) is 3.64. The van der Waals surface area contributed by atoms with Gasteiger partial charge in [-0.25, -0.2) is 8.78 Å². The van der Waals surface area contributed by atoms with Crippen LogP contribution in [0.2, 0.25) is 0 Å². The van der Waals surface area contributed by atoms with Crippen molar-refractivity contribution in [2.45, 2.75) is 32.1 Å². The molecule has 2 rings (SSSR count). The van der Waals surface area contributed by atoms with Crippen molar-refractivity contribution in [3.05, 3.63) is 35.4 Å². The fourth-order valence-corrected chi connectivity index (χ4v) is 2.90. The molecule has 0 aliphatic heterocycles. The highest BCUT2D eigenvalue weighted by molar-refractivity contribution is 5.83. The minimum absolute atomic E-state index is 0.0214. The van der Waals surface area contributed by atoms with Crippen LogP contribution >= 0.6 is 0 Å². The summed E-state index contributed by atoms with van der Waals surface area (Å²) in [7, 11) is 0. The molecule has 0 heterocycles. The molecule has 0 aromatic heterocycles. The maximum absolute atomic E-state index is 13.1. The summed E-state index contributed by atoms with van der Waals surface area (Å²) in [4.78, 5) is 12.3. The fourth-order valence-electron chi connectivity index (χ4n) is 2.90. The monoisotopic (exact) mass is 267 g/mol. The number of nitrogens with two attached hydrogens (primary N) is 1. The van der Waals surface area contributed by atoms with Crippen LogP contribution in [0.5, 0.6) is 0 Å². The molecule has 1 aliphatic carbocycles. The van der Waals surface area contributed by atoms with Crippen molar-refractivity contribution in [1.82, 2.24) is 0 Å². The molecule has 0 spiro atoms. The first-order valence-corrected chi connectivity index (χ1v) is 6.78. The molecule has 2 N–H and O–H groups in total. The van der Waals surface area contributed by atoms with E-state index in [2.05, 4.69) is 0 Å². The average molecular weight is 267 g/mol. The van der Waals surface area contributed by atoms with Crippen molar-refractivity contribution in [2.75, 3.05) is 6.54 Å². The summed E-state index contributed by atoms with van der Waals surface area (Å²) >= 11 is 0. The van der Waals surface area contributed by atoms with Crippen molar-refractivity contribution >= 4 is 5.78 Å². The second-order valence-corrected chi connectivity index (χ2v) is 5.28. The molecule has 104 valence electrons. The highest BCUT2D eigenvalue weighted by atomic mass is 19.2. The van der Waals surface area contributed by atoms with Crippen LogP contribution in [0.3, 0.4) is 0 Å². The second kappa shape index (κ2) is 6.24. The molecule has 2 atom stereocenters. The lowest BCUT2D eigenvalue weighted by atomic mass is 9.76. The Morgan fingerprint density at radius 3 is 2.63 bits per heavy atom. The van der Waals surface area contributed by atoms with Crippen LogP contribution in [0.15, 0.2) is 18.2 Å². The van der Waals surface area contributed by atoms with Crippen LogP contribution in [0.4, 0.5) is 8.78 Å². The number of rotatable bonds is 4. The second-order valence-electron chi connectivity index (χ2n) is 5.28. The van der Waals surface area contributed by atoms with Crippen molar-refractivity contribution in [2.24, 2.45) is 17.6 Å². The number of carbonyl (C=O) groups excluding carboxylic acids is 1. The number of Topliss-reactive ketones (excluding diaryl/α,β-unsaturated/α-hetero) is 1. The average Bonchev–Trinajstić information content (AvgIpc) is 2.43. The summed E-state index contributed by atoms with van der Waals surface area (Å²) in [5, 5.41) is 0. The molecule has 1 aromatic carbocycles. The Balaban J connectivity index is 2.05. The van der Waals surface area contributed by atoms with E-state index in [1.54, 1.807) is 0 Å². The first kappa shape index (κ1) is 14.1. The molecule has 2 nitrogen and oxygen atoms in total. The molecule has 19 heavy (non-hydrogen) atoms. The van der Waals surface area contributed by atoms with Gasteiger partial charge in [-0.15, -0.1) is 0 Å².